The van der Waals surface area contributed by atoms with Crippen LogP contribution in [0.25, 0.3) is 11.1 Å². The summed E-state index contributed by atoms with van der Waals surface area (Å²) in [6, 6.07) is 16.5. The number of benzene rings is 2. The molecule has 34 heavy (non-hydrogen) atoms. The van der Waals surface area contributed by atoms with Crippen LogP contribution in [-0.4, -0.2) is 27.0 Å². The summed E-state index contributed by atoms with van der Waals surface area (Å²) in [6.07, 6.45) is 3.35. The van der Waals surface area contributed by atoms with Gasteiger partial charge in [-0.2, -0.15) is 0 Å². The van der Waals surface area contributed by atoms with Gasteiger partial charge >= 0.3 is 0 Å². The lowest BCUT2D eigenvalue weighted by atomic mass is 9.95. The van der Waals surface area contributed by atoms with E-state index in [1.54, 1.807) is 18.5 Å². The zero-order valence-electron chi connectivity index (χ0n) is 18.4. The average molecular weight is 474 g/mol. The summed E-state index contributed by atoms with van der Waals surface area (Å²) in [5.41, 5.74) is 6.40. The highest BCUT2D eigenvalue weighted by molar-refractivity contribution is 6.30. The van der Waals surface area contributed by atoms with Gasteiger partial charge in [0.15, 0.2) is 0 Å². The molecular weight excluding hydrogens is 453 g/mol. The van der Waals surface area contributed by atoms with Gasteiger partial charge in [0.05, 0.1) is 24.9 Å². The van der Waals surface area contributed by atoms with E-state index in [2.05, 4.69) is 4.98 Å². The number of aromatic nitrogens is 2. The molecule has 0 radical (unpaired) electrons. The van der Waals surface area contributed by atoms with Crippen LogP contribution in [0.1, 0.15) is 34.0 Å². The van der Waals surface area contributed by atoms with Crippen LogP contribution in [0.2, 0.25) is 5.02 Å². The highest BCUT2D eigenvalue weighted by atomic mass is 35.5. The Hall–Kier alpha value is -3.61. The molecular formula is C27H21ClFN3O2. The van der Waals surface area contributed by atoms with Crippen molar-refractivity contribution in [2.45, 2.75) is 19.5 Å². The number of aliphatic hydroxyl groups is 1. The van der Waals surface area contributed by atoms with Gasteiger partial charge in [-0.15, -0.1) is 0 Å². The molecule has 0 spiro atoms. The van der Waals surface area contributed by atoms with Crippen molar-refractivity contribution in [1.82, 2.24) is 9.55 Å². The van der Waals surface area contributed by atoms with Crippen LogP contribution in [-0.2, 0) is 6.54 Å². The predicted octanol–water partition coefficient (Wildman–Crippen LogP) is 4.94. The molecule has 0 saturated heterocycles. The topological polar surface area (TPSA) is 67.5 Å². The maximum absolute atomic E-state index is 14.4. The number of hydrogen-bond donors (Lipinski definition) is 1. The Morgan fingerprint density at radius 2 is 1.88 bits per heavy atom. The van der Waals surface area contributed by atoms with Crippen LogP contribution in [0.4, 0.5) is 4.39 Å². The number of halogens is 2. The lowest BCUT2D eigenvalue weighted by molar-refractivity contribution is 0.244. The van der Waals surface area contributed by atoms with E-state index in [-0.39, 0.29) is 11.1 Å². The Kier molecular flexibility index (Phi) is 5.86. The van der Waals surface area contributed by atoms with Crippen LogP contribution < -0.4 is 5.56 Å². The van der Waals surface area contributed by atoms with E-state index in [4.69, 9.17) is 16.6 Å². The number of fused-ring (bicyclic) bond motifs is 1. The monoisotopic (exact) mass is 473 g/mol. The molecule has 0 fully saturated rings. The van der Waals surface area contributed by atoms with Crippen molar-refractivity contribution in [3.8, 4) is 11.1 Å². The lowest BCUT2D eigenvalue weighted by Crippen LogP contribution is -2.27. The number of rotatable bonds is 5. The fourth-order valence-electron chi connectivity index (χ4n) is 4.34. The van der Waals surface area contributed by atoms with E-state index in [1.807, 2.05) is 37.3 Å². The quantitative estimate of drug-likeness (QED) is 0.446. The zero-order chi connectivity index (χ0) is 23.8. The van der Waals surface area contributed by atoms with Crippen molar-refractivity contribution in [2.24, 2.45) is 4.99 Å². The van der Waals surface area contributed by atoms with Crippen LogP contribution in [0, 0.1) is 12.7 Å². The number of aliphatic hydroxyl groups excluding tert-OH is 1. The molecule has 1 aliphatic rings. The molecule has 3 heterocycles. The van der Waals surface area contributed by atoms with Crippen LogP contribution in [0.5, 0.6) is 0 Å². The van der Waals surface area contributed by atoms with Crippen molar-refractivity contribution >= 4 is 17.3 Å². The second-order valence-corrected chi connectivity index (χ2v) is 8.68. The van der Waals surface area contributed by atoms with Gasteiger partial charge in [0.2, 0.25) is 0 Å². The van der Waals surface area contributed by atoms with E-state index in [0.29, 0.717) is 11.6 Å². The van der Waals surface area contributed by atoms with Crippen LogP contribution in [0.3, 0.4) is 0 Å². The molecule has 1 aliphatic heterocycles. The van der Waals surface area contributed by atoms with Gasteiger partial charge in [0.25, 0.3) is 5.56 Å². The maximum Gasteiger partial charge on any atom is 0.251 e. The van der Waals surface area contributed by atoms with E-state index < -0.39 is 18.5 Å². The summed E-state index contributed by atoms with van der Waals surface area (Å²) in [7, 11) is 0. The van der Waals surface area contributed by atoms with Gasteiger partial charge in [-0.05, 0) is 66.1 Å². The Balaban J connectivity index is 1.51. The molecule has 1 N–H and O–H groups in total. The molecule has 0 saturated carbocycles. The molecule has 2 aromatic heterocycles. The highest BCUT2D eigenvalue weighted by Gasteiger charge is 2.21. The van der Waals surface area contributed by atoms with Crippen molar-refractivity contribution in [2.75, 3.05) is 6.61 Å². The number of pyridine rings is 2. The largest absolute Gasteiger partial charge is 0.394 e. The molecule has 0 bridgehead atoms. The van der Waals surface area contributed by atoms with Crippen LogP contribution >= 0.6 is 11.6 Å². The number of hydrogen-bond acceptors (Lipinski definition) is 4. The first kappa shape index (κ1) is 22.2. The standard InChI is InChI=1S/C27H21ClFN3O2/c1-16-10-19(6-8-30-16)27-22-11-17(2-3-20(22)14-31-27)18-7-9-32(26(34)12-18)25(15-33)23-13-21(28)4-5-24(23)29/h2-13,25,33H,14-15H2,1H3/t25-/m1/s1. The highest BCUT2D eigenvalue weighted by Crippen LogP contribution is 2.29. The second kappa shape index (κ2) is 8.97. The fraction of sp³-hybridized carbons (Fsp3) is 0.148. The van der Waals surface area contributed by atoms with Crippen molar-refractivity contribution in [3.63, 3.8) is 0 Å². The summed E-state index contributed by atoms with van der Waals surface area (Å²) in [4.78, 5) is 22.0. The zero-order valence-corrected chi connectivity index (χ0v) is 19.1. The fourth-order valence-corrected chi connectivity index (χ4v) is 4.52. The van der Waals surface area contributed by atoms with Gasteiger partial charge in [-0.3, -0.25) is 14.8 Å². The second-order valence-electron chi connectivity index (χ2n) is 8.25. The lowest BCUT2D eigenvalue weighted by Gasteiger charge is -2.19. The molecule has 2 aromatic carbocycles. The third kappa shape index (κ3) is 4.06. The normalized spacial score (nSPS) is 13.5. The predicted molar refractivity (Wildman–Crippen MR) is 131 cm³/mol. The first-order valence-corrected chi connectivity index (χ1v) is 11.2. The molecule has 5 rings (SSSR count). The third-order valence-corrected chi connectivity index (χ3v) is 6.28. The summed E-state index contributed by atoms with van der Waals surface area (Å²) < 4.78 is 15.7. The molecule has 5 nitrogen and oxygen atoms in total. The summed E-state index contributed by atoms with van der Waals surface area (Å²) in [5.74, 6) is -0.531. The maximum atomic E-state index is 14.4. The minimum atomic E-state index is -0.881. The number of aliphatic imine (C=N–C) groups is 1. The molecule has 0 aliphatic carbocycles. The summed E-state index contributed by atoms with van der Waals surface area (Å²) in [6.45, 7) is 2.11. The van der Waals surface area contributed by atoms with Gasteiger partial charge in [0, 0.05) is 45.9 Å². The smallest absolute Gasteiger partial charge is 0.251 e. The number of nitrogens with zero attached hydrogens (tertiary/aromatic N) is 3. The Morgan fingerprint density at radius 3 is 2.65 bits per heavy atom. The van der Waals surface area contributed by atoms with E-state index in [0.717, 1.165) is 39.2 Å². The first-order valence-electron chi connectivity index (χ1n) is 10.8. The van der Waals surface area contributed by atoms with Gasteiger partial charge in [-0.1, -0.05) is 23.7 Å². The van der Waals surface area contributed by atoms with Crippen LogP contribution in [0.15, 0.2) is 82.8 Å². The van der Waals surface area contributed by atoms with Crippen molar-refractivity contribution in [3.05, 3.63) is 122 Å². The first-order chi connectivity index (χ1) is 16.4. The minimum absolute atomic E-state index is 0.163. The Labute approximate surface area is 200 Å². The molecule has 0 amide bonds. The third-order valence-electron chi connectivity index (χ3n) is 6.05. The minimum Gasteiger partial charge on any atom is -0.394 e. The molecule has 7 heteroatoms. The van der Waals surface area contributed by atoms with Gasteiger partial charge < -0.3 is 9.67 Å². The Bertz CT molecular complexity index is 1500. The van der Waals surface area contributed by atoms with E-state index in [9.17, 15) is 14.3 Å². The van der Waals surface area contributed by atoms with Gasteiger partial charge in [-0.25, -0.2) is 4.39 Å². The molecule has 1 atom stereocenters. The Morgan fingerprint density at radius 1 is 1.06 bits per heavy atom. The molecule has 4 aromatic rings. The summed E-state index contributed by atoms with van der Waals surface area (Å²) in [5, 5.41) is 10.3. The molecule has 170 valence electrons. The molecule has 0 unspecified atom stereocenters. The van der Waals surface area contributed by atoms with Crippen molar-refractivity contribution in [1.29, 1.82) is 0 Å². The summed E-state index contributed by atoms with van der Waals surface area (Å²) >= 11 is 6.01. The van der Waals surface area contributed by atoms with E-state index in [1.165, 1.54) is 28.8 Å². The van der Waals surface area contributed by atoms with E-state index >= 15 is 0 Å². The average Bonchev–Trinajstić information content (AvgIpc) is 3.26. The number of aryl methyl sites for hydroxylation is 1. The SMILES string of the molecule is Cc1cc(C2=NCc3ccc(-c4ccn([C@H](CO)c5cc(Cl)ccc5F)c(=O)c4)cc32)ccn1. The van der Waals surface area contributed by atoms with Gasteiger partial charge in [0.1, 0.15) is 5.82 Å². The van der Waals surface area contributed by atoms with Crippen molar-refractivity contribution < 1.29 is 9.50 Å².